The van der Waals surface area contributed by atoms with E-state index in [9.17, 15) is 9.59 Å². The van der Waals surface area contributed by atoms with Crippen LogP contribution in [0.4, 0.5) is 17.1 Å². The van der Waals surface area contributed by atoms with Gasteiger partial charge in [0.15, 0.2) is 0 Å². The van der Waals surface area contributed by atoms with Crippen molar-refractivity contribution in [3.8, 4) is 0 Å². The number of benzene rings is 3. The molecule has 1 aliphatic rings. The van der Waals surface area contributed by atoms with Crippen molar-refractivity contribution in [1.29, 1.82) is 0 Å². The molecule has 0 spiro atoms. The molecule has 1 atom stereocenters. The first-order chi connectivity index (χ1) is 14.5. The zero-order valence-electron chi connectivity index (χ0n) is 16.9. The lowest BCUT2D eigenvalue weighted by atomic mass is 10.1. The number of thioether (sulfide) groups is 1. The molecule has 3 aromatic rings. The Hall–Kier alpha value is -3.25. The fourth-order valence-corrected chi connectivity index (χ4v) is 4.15. The third-order valence-corrected chi connectivity index (χ3v) is 6.08. The van der Waals surface area contributed by atoms with E-state index >= 15 is 0 Å². The van der Waals surface area contributed by atoms with Crippen molar-refractivity contribution in [3.63, 3.8) is 0 Å². The molecule has 3 N–H and O–H groups in total. The normalized spacial score (nSPS) is 15.1. The molecule has 4 rings (SSSR count). The standard InChI is InChI=1S/C24H23N3O2S/c1-15-4-3-5-20(12-15)25-14-17-6-9-19(10-7-17)26-24(29)18-8-11-22-21(13-18)27-23(28)16(2)30-22/h3-13,16,25H,14H2,1-2H3,(H,26,29)(H,27,28). The summed E-state index contributed by atoms with van der Waals surface area (Å²) < 4.78 is 0. The van der Waals surface area contributed by atoms with Gasteiger partial charge in [0.2, 0.25) is 5.91 Å². The SMILES string of the molecule is Cc1cccc(NCc2ccc(NC(=O)c3ccc4c(c3)NC(=O)C(C)S4)cc2)c1. The molecule has 1 heterocycles. The Morgan fingerprint density at radius 3 is 2.60 bits per heavy atom. The van der Waals surface area contributed by atoms with Gasteiger partial charge in [-0.1, -0.05) is 24.3 Å². The molecular formula is C24H23N3O2S. The molecule has 152 valence electrons. The second-order valence-electron chi connectivity index (χ2n) is 7.33. The fourth-order valence-electron chi connectivity index (χ4n) is 3.22. The first-order valence-electron chi connectivity index (χ1n) is 9.80. The predicted molar refractivity (Wildman–Crippen MR) is 123 cm³/mol. The monoisotopic (exact) mass is 417 g/mol. The number of fused-ring (bicyclic) bond motifs is 1. The molecule has 0 bridgehead atoms. The summed E-state index contributed by atoms with van der Waals surface area (Å²) in [5, 5.41) is 9.05. The second-order valence-corrected chi connectivity index (χ2v) is 8.72. The average Bonchev–Trinajstić information content (AvgIpc) is 2.74. The van der Waals surface area contributed by atoms with Crippen molar-refractivity contribution in [2.75, 3.05) is 16.0 Å². The number of amides is 2. The molecule has 3 aromatic carbocycles. The quantitative estimate of drug-likeness (QED) is 0.527. The van der Waals surface area contributed by atoms with Crippen LogP contribution in [0.3, 0.4) is 0 Å². The Morgan fingerprint density at radius 2 is 1.83 bits per heavy atom. The average molecular weight is 418 g/mol. The van der Waals surface area contributed by atoms with E-state index in [2.05, 4.69) is 35.0 Å². The van der Waals surface area contributed by atoms with Crippen LogP contribution in [0, 0.1) is 6.92 Å². The minimum absolute atomic E-state index is 0.0417. The van der Waals surface area contributed by atoms with Crippen LogP contribution >= 0.6 is 11.8 Å². The summed E-state index contributed by atoms with van der Waals surface area (Å²) >= 11 is 1.50. The third kappa shape index (κ3) is 4.66. The predicted octanol–water partition coefficient (Wildman–Crippen LogP) is 5.29. The van der Waals surface area contributed by atoms with Crippen molar-refractivity contribution >= 4 is 40.6 Å². The molecular weight excluding hydrogens is 394 g/mol. The Morgan fingerprint density at radius 1 is 1.03 bits per heavy atom. The maximum atomic E-state index is 12.6. The van der Waals surface area contributed by atoms with Crippen LogP contribution in [0.5, 0.6) is 0 Å². The molecule has 0 radical (unpaired) electrons. The van der Waals surface area contributed by atoms with Gasteiger partial charge in [0.1, 0.15) is 0 Å². The van der Waals surface area contributed by atoms with E-state index in [1.807, 2.05) is 49.4 Å². The molecule has 1 aliphatic heterocycles. The molecule has 2 amide bonds. The summed E-state index contributed by atoms with van der Waals surface area (Å²) in [5.41, 5.74) is 5.34. The van der Waals surface area contributed by atoms with Gasteiger partial charge in [-0.15, -0.1) is 11.8 Å². The van der Waals surface area contributed by atoms with Crippen LogP contribution in [0.25, 0.3) is 0 Å². The summed E-state index contributed by atoms with van der Waals surface area (Å²) in [7, 11) is 0. The van der Waals surface area contributed by atoms with Crippen LogP contribution in [0.2, 0.25) is 0 Å². The van der Waals surface area contributed by atoms with Gasteiger partial charge >= 0.3 is 0 Å². The number of carbonyl (C=O) groups excluding carboxylic acids is 2. The molecule has 0 fully saturated rings. The summed E-state index contributed by atoms with van der Waals surface area (Å²) in [6.07, 6.45) is 0. The van der Waals surface area contributed by atoms with Crippen LogP contribution in [0.15, 0.2) is 71.6 Å². The van der Waals surface area contributed by atoms with E-state index in [0.717, 1.165) is 21.8 Å². The van der Waals surface area contributed by atoms with Crippen molar-refractivity contribution in [3.05, 3.63) is 83.4 Å². The number of carbonyl (C=O) groups is 2. The van der Waals surface area contributed by atoms with E-state index in [-0.39, 0.29) is 17.1 Å². The van der Waals surface area contributed by atoms with E-state index in [0.29, 0.717) is 17.8 Å². The van der Waals surface area contributed by atoms with Crippen molar-refractivity contribution in [2.24, 2.45) is 0 Å². The lowest BCUT2D eigenvalue weighted by Gasteiger charge is -2.21. The fraction of sp³-hybridized carbons (Fsp3) is 0.167. The first kappa shape index (κ1) is 20.0. The Bertz CT molecular complexity index is 1100. The van der Waals surface area contributed by atoms with Gasteiger partial charge in [0, 0.05) is 28.4 Å². The zero-order valence-corrected chi connectivity index (χ0v) is 17.7. The molecule has 6 heteroatoms. The molecule has 0 saturated carbocycles. The molecule has 0 aliphatic carbocycles. The van der Waals surface area contributed by atoms with Gasteiger partial charge < -0.3 is 16.0 Å². The number of nitrogens with one attached hydrogen (secondary N) is 3. The number of aryl methyl sites for hydroxylation is 1. The van der Waals surface area contributed by atoms with Crippen molar-refractivity contribution < 1.29 is 9.59 Å². The van der Waals surface area contributed by atoms with Gasteiger partial charge in [0.05, 0.1) is 10.9 Å². The summed E-state index contributed by atoms with van der Waals surface area (Å²) in [5.74, 6) is -0.249. The van der Waals surface area contributed by atoms with Gasteiger partial charge in [-0.05, 0) is 67.4 Å². The van der Waals surface area contributed by atoms with E-state index in [4.69, 9.17) is 0 Å². The van der Waals surface area contributed by atoms with Crippen LogP contribution in [0.1, 0.15) is 28.4 Å². The molecule has 0 saturated heterocycles. The smallest absolute Gasteiger partial charge is 0.255 e. The topological polar surface area (TPSA) is 70.2 Å². The maximum Gasteiger partial charge on any atom is 0.255 e. The molecule has 5 nitrogen and oxygen atoms in total. The number of anilines is 3. The minimum atomic E-state index is -0.207. The summed E-state index contributed by atoms with van der Waals surface area (Å²) in [6, 6.07) is 21.4. The number of hydrogen-bond acceptors (Lipinski definition) is 4. The van der Waals surface area contributed by atoms with Crippen LogP contribution < -0.4 is 16.0 Å². The Balaban J connectivity index is 1.38. The lowest BCUT2D eigenvalue weighted by Crippen LogP contribution is -2.26. The van der Waals surface area contributed by atoms with Crippen LogP contribution in [-0.2, 0) is 11.3 Å². The minimum Gasteiger partial charge on any atom is -0.381 e. The van der Waals surface area contributed by atoms with Crippen molar-refractivity contribution in [2.45, 2.75) is 30.5 Å². The van der Waals surface area contributed by atoms with Gasteiger partial charge in [-0.2, -0.15) is 0 Å². The maximum absolute atomic E-state index is 12.6. The van der Waals surface area contributed by atoms with E-state index in [1.165, 1.54) is 17.3 Å². The first-order valence-corrected chi connectivity index (χ1v) is 10.7. The van der Waals surface area contributed by atoms with E-state index < -0.39 is 0 Å². The highest BCUT2D eigenvalue weighted by Crippen LogP contribution is 2.36. The highest BCUT2D eigenvalue weighted by atomic mass is 32.2. The zero-order chi connectivity index (χ0) is 21.1. The van der Waals surface area contributed by atoms with Gasteiger partial charge in [-0.25, -0.2) is 0 Å². The highest BCUT2D eigenvalue weighted by molar-refractivity contribution is 8.00. The second kappa shape index (κ2) is 8.63. The third-order valence-electron chi connectivity index (χ3n) is 4.90. The molecule has 30 heavy (non-hydrogen) atoms. The number of hydrogen-bond donors (Lipinski definition) is 3. The summed E-state index contributed by atoms with van der Waals surface area (Å²) in [4.78, 5) is 25.5. The highest BCUT2D eigenvalue weighted by Gasteiger charge is 2.23. The van der Waals surface area contributed by atoms with E-state index in [1.54, 1.807) is 12.1 Å². The van der Waals surface area contributed by atoms with Gasteiger partial charge in [0.25, 0.3) is 5.91 Å². The van der Waals surface area contributed by atoms with Gasteiger partial charge in [-0.3, -0.25) is 9.59 Å². The molecule has 1 unspecified atom stereocenters. The Kier molecular flexibility index (Phi) is 5.77. The number of rotatable bonds is 5. The summed E-state index contributed by atoms with van der Waals surface area (Å²) in [6.45, 7) is 4.64. The lowest BCUT2D eigenvalue weighted by molar-refractivity contribution is -0.115. The Labute approximate surface area is 180 Å². The molecule has 0 aromatic heterocycles. The largest absolute Gasteiger partial charge is 0.381 e. The van der Waals surface area contributed by atoms with Crippen molar-refractivity contribution in [1.82, 2.24) is 0 Å². The van der Waals surface area contributed by atoms with Crippen LogP contribution in [-0.4, -0.2) is 17.1 Å².